The van der Waals surface area contributed by atoms with Crippen LogP contribution in [0.15, 0.2) is 33.9 Å². The fourth-order valence-corrected chi connectivity index (χ4v) is 4.49. The van der Waals surface area contributed by atoms with Crippen molar-refractivity contribution >= 4 is 16.8 Å². The molecule has 176 valence electrons. The van der Waals surface area contributed by atoms with E-state index in [9.17, 15) is 19.6 Å². The average Bonchev–Trinajstić information content (AvgIpc) is 3.31. The smallest absolute Gasteiger partial charge is 0.266 e. The van der Waals surface area contributed by atoms with E-state index in [0.717, 1.165) is 18.4 Å². The van der Waals surface area contributed by atoms with E-state index in [2.05, 4.69) is 15.0 Å². The highest BCUT2D eigenvalue weighted by Gasteiger charge is 2.24. The van der Waals surface area contributed by atoms with Crippen LogP contribution in [-0.2, 0) is 22.5 Å². The molecule has 1 atom stereocenters. The van der Waals surface area contributed by atoms with Gasteiger partial charge in [0.05, 0.1) is 23.6 Å². The van der Waals surface area contributed by atoms with E-state index in [4.69, 9.17) is 4.74 Å². The maximum atomic E-state index is 13.3. The Morgan fingerprint density at radius 2 is 2.03 bits per heavy atom. The Morgan fingerprint density at radius 3 is 2.76 bits per heavy atom. The van der Waals surface area contributed by atoms with Crippen molar-refractivity contribution in [2.24, 2.45) is 0 Å². The Labute approximate surface area is 196 Å². The summed E-state index contributed by atoms with van der Waals surface area (Å²) in [6.07, 6.45) is 2.33. The highest BCUT2D eigenvalue weighted by atomic mass is 16.5. The van der Waals surface area contributed by atoms with Crippen molar-refractivity contribution in [2.45, 2.75) is 52.2 Å². The van der Waals surface area contributed by atoms with Crippen LogP contribution in [0.3, 0.4) is 0 Å². The zero-order valence-corrected chi connectivity index (χ0v) is 19.3. The number of carbonyl (C=O) groups is 1. The molecule has 1 aromatic carbocycles. The lowest BCUT2D eigenvalue weighted by molar-refractivity contribution is -0.133. The molecule has 0 aliphatic carbocycles. The maximum Gasteiger partial charge on any atom is 0.266 e. The summed E-state index contributed by atoms with van der Waals surface area (Å²) in [5.74, 6) is 0.299. The molecule has 9 nitrogen and oxygen atoms in total. The van der Waals surface area contributed by atoms with Crippen LogP contribution >= 0.6 is 0 Å². The van der Waals surface area contributed by atoms with Gasteiger partial charge in [-0.2, -0.15) is 5.26 Å². The van der Waals surface area contributed by atoms with Crippen molar-refractivity contribution in [3.63, 3.8) is 0 Å². The van der Waals surface area contributed by atoms with Gasteiger partial charge in [0.1, 0.15) is 17.5 Å². The Balaban J connectivity index is 1.57. The largest absolute Gasteiger partial charge is 0.376 e. The Kier molecular flexibility index (Phi) is 6.89. The van der Waals surface area contributed by atoms with Crippen LogP contribution in [0.5, 0.6) is 0 Å². The minimum atomic E-state index is -0.418. The second-order valence-corrected chi connectivity index (χ2v) is 8.61. The number of ether oxygens (including phenoxy) is 1. The molecule has 0 bridgehead atoms. The number of hydrogen-bond donors (Lipinski definition) is 2. The van der Waals surface area contributed by atoms with Crippen LogP contribution in [0.25, 0.3) is 10.9 Å². The van der Waals surface area contributed by atoms with Gasteiger partial charge in [0.2, 0.25) is 5.91 Å². The minimum absolute atomic E-state index is 0.0575. The molecule has 3 heterocycles. The summed E-state index contributed by atoms with van der Waals surface area (Å²) in [4.78, 5) is 49.5. The molecule has 0 radical (unpaired) electrons. The number of fused-ring (bicyclic) bond motifs is 1. The number of nitrogens with zero attached hydrogens (tertiary/aromatic N) is 3. The zero-order chi connectivity index (χ0) is 24.2. The molecule has 2 N–H and O–H groups in total. The molecule has 1 aliphatic rings. The first kappa shape index (κ1) is 23.4. The van der Waals surface area contributed by atoms with E-state index >= 15 is 0 Å². The van der Waals surface area contributed by atoms with Gasteiger partial charge < -0.3 is 19.6 Å². The third-order valence-corrected chi connectivity index (χ3v) is 6.31. The molecule has 3 aromatic rings. The standard InChI is InChI=1S/C25H27N5O4/c1-15-18(16(2)27-25(33)20(15)12-26)9-10-23(31)30(13-17-6-5-11-34-17)14-22-28-21-8-4-3-7-19(21)24(32)29-22/h3-4,7-8,17H,5-6,9-11,13-14H2,1-2H3,(H,27,33)(H,28,29,32). The van der Waals surface area contributed by atoms with Crippen molar-refractivity contribution in [2.75, 3.05) is 13.2 Å². The SMILES string of the molecule is Cc1[nH]c(=O)c(C#N)c(C)c1CCC(=O)N(Cc1nc2ccccc2c(=O)[nH]1)CC1CCCO1. The minimum Gasteiger partial charge on any atom is -0.376 e. The number of hydrogen-bond acceptors (Lipinski definition) is 6. The van der Waals surface area contributed by atoms with Gasteiger partial charge in [-0.05, 0) is 56.4 Å². The molecule has 1 fully saturated rings. The highest BCUT2D eigenvalue weighted by Crippen LogP contribution is 2.18. The number of carbonyl (C=O) groups excluding carboxylic acids is 1. The summed E-state index contributed by atoms with van der Waals surface area (Å²) in [5, 5.41) is 9.81. The Morgan fingerprint density at radius 1 is 1.24 bits per heavy atom. The number of para-hydroxylation sites is 1. The second kappa shape index (κ2) is 10.0. The summed E-state index contributed by atoms with van der Waals surface area (Å²) >= 11 is 0. The van der Waals surface area contributed by atoms with Crippen LogP contribution in [0, 0.1) is 25.2 Å². The normalized spacial score (nSPS) is 15.4. The Bertz CT molecular complexity index is 1380. The number of pyridine rings is 1. The third kappa shape index (κ3) is 4.92. The van der Waals surface area contributed by atoms with Crippen molar-refractivity contribution < 1.29 is 9.53 Å². The lowest BCUT2D eigenvalue weighted by Gasteiger charge is -2.25. The molecule has 2 aromatic heterocycles. The molecule has 9 heteroatoms. The first-order valence-corrected chi connectivity index (χ1v) is 11.4. The number of aromatic amines is 2. The lowest BCUT2D eigenvalue weighted by atomic mass is 9.99. The molecule has 1 amide bonds. The van der Waals surface area contributed by atoms with E-state index < -0.39 is 5.56 Å². The summed E-state index contributed by atoms with van der Waals surface area (Å²) in [5.41, 5.74) is 2.03. The van der Waals surface area contributed by atoms with Crippen LogP contribution in [0.2, 0.25) is 0 Å². The number of aromatic nitrogens is 3. The fourth-order valence-electron chi connectivity index (χ4n) is 4.49. The molecule has 0 saturated carbocycles. The van der Waals surface area contributed by atoms with Gasteiger partial charge in [0, 0.05) is 25.3 Å². The molecule has 0 spiro atoms. The van der Waals surface area contributed by atoms with E-state index in [-0.39, 0.29) is 36.1 Å². The number of aryl methyl sites for hydroxylation is 1. The van der Waals surface area contributed by atoms with E-state index in [1.165, 1.54) is 0 Å². The highest BCUT2D eigenvalue weighted by molar-refractivity contribution is 5.78. The van der Waals surface area contributed by atoms with E-state index in [0.29, 0.717) is 47.6 Å². The van der Waals surface area contributed by atoms with Crippen molar-refractivity contribution in [1.82, 2.24) is 19.9 Å². The molecule has 1 unspecified atom stereocenters. The first-order chi connectivity index (χ1) is 16.4. The van der Waals surface area contributed by atoms with E-state index in [1.54, 1.807) is 36.9 Å². The lowest BCUT2D eigenvalue weighted by Crippen LogP contribution is -2.38. The zero-order valence-electron chi connectivity index (χ0n) is 19.3. The van der Waals surface area contributed by atoms with Crippen molar-refractivity contribution in [1.29, 1.82) is 5.26 Å². The molecular formula is C25H27N5O4. The van der Waals surface area contributed by atoms with Crippen molar-refractivity contribution in [3.8, 4) is 6.07 Å². The molecular weight excluding hydrogens is 434 g/mol. The topological polar surface area (TPSA) is 132 Å². The number of benzene rings is 1. The molecule has 1 saturated heterocycles. The van der Waals surface area contributed by atoms with Gasteiger partial charge in [-0.15, -0.1) is 0 Å². The number of rotatable bonds is 7. The average molecular weight is 462 g/mol. The van der Waals surface area contributed by atoms with Gasteiger partial charge in [0.25, 0.3) is 11.1 Å². The van der Waals surface area contributed by atoms with Gasteiger partial charge in [-0.25, -0.2) is 4.98 Å². The van der Waals surface area contributed by atoms with Gasteiger partial charge >= 0.3 is 0 Å². The van der Waals surface area contributed by atoms with Crippen molar-refractivity contribution in [3.05, 3.63) is 73.2 Å². The summed E-state index contributed by atoms with van der Waals surface area (Å²) in [6.45, 7) is 4.73. The summed E-state index contributed by atoms with van der Waals surface area (Å²) in [7, 11) is 0. The molecule has 1 aliphatic heterocycles. The monoisotopic (exact) mass is 461 g/mol. The number of nitriles is 1. The predicted octanol–water partition coefficient (Wildman–Crippen LogP) is 2.24. The summed E-state index contributed by atoms with van der Waals surface area (Å²) < 4.78 is 5.75. The van der Waals surface area contributed by atoms with Crippen LogP contribution in [0.4, 0.5) is 0 Å². The van der Waals surface area contributed by atoms with E-state index in [1.807, 2.05) is 12.1 Å². The van der Waals surface area contributed by atoms with Crippen LogP contribution in [-0.4, -0.2) is 45.0 Å². The molecule has 4 rings (SSSR count). The van der Waals surface area contributed by atoms with Gasteiger partial charge in [-0.3, -0.25) is 14.4 Å². The molecule has 34 heavy (non-hydrogen) atoms. The number of nitrogens with one attached hydrogen (secondary N) is 2. The fraction of sp³-hybridized carbons (Fsp3) is 0.400. The number of H-pyrrole nitrogens is 2. The predicted molar refractivity (Wildman–Crippen MR) is 126 cm³/mol. The second-order valence-electron chi connectivity index (χ2n) is 8.61. The van der Waals surface area contributed by atoms with Crippen LogP contribution < -0.4 is 11.1 Å². The number of amides is 1. The Hall–Kier alpha value is -3.77. The first-order valence-electron chi connectivity index (χ1n) is 11.4. The maximum absolute atomic E-state index is 13.3. The van der Waals surface area contributed by atoms with Crippen LogP contribution in [0.1, 0.15) is 47.5 Å². The van der Waals surface area contributed by atoms with Gasteiger partial charge in [-0.1, -0.05) is 12.1 Å². The van der Waals surface area contributed by atoms with Gasteiger partial charge in [0.15, 0.2) is 0 Å². The summed E-state index contributed by atoms with van der Waals surface area (Å²) in [6, 6.07) is 9.03. The third-order valence-electron chi connectivity index (χ3n) is 6.31. The quantitative estimate of drug-likeness (QED) is 0.555.